The van der Waals surface area contributed by atoms with Crippen molar-refractivity contribution in [1.29, 1.82) is 0 Å². The number of β-amino-alcohol motifs (C(OH)–C–C–N with tert-alkyl or cyclic N) is 1. The van der Waals surface area contributed by atoms with Crippen molar-refractivity contribution in [3.05, 3.63) is 47.0 Å². The summed E-state index contributed by atoms with van der Waals surface area (Å²) in [6.45, 7) is 8.94. The number of hydrogen-bond acceptors (Lipinski definition) is 5. The molecule has 0 saturated carbocycles. The van der Waals surface area contributed by atoms with Crippen molar-refractivity contribution >= 4 is 5.91 Å². The molecular formula is C21H29N5O2. The quantitative estimate of drug-likeness (QED) is 0.875. The molecule has 2 aliphatic heterocycles. The second kappa shape index (κ2) is 7.64. The number of hydrogen-bond donors (Lipinski definition) is 1. The number of rotatable bonds is 3. The van der Waals surface area contributed by atoms with Gasteiger partial charge in [0.05, 0.1) is 12.1 Å². The van der Waals surface area contributed by atoms with Crippen LogP contribution in [0.25, 0.3) is 0 Å². The normalized spacial score (nSPS) is 23.1. The van der Waals surface area contributed by atoms with Crippen LogP contribution in [-0.2, 0) is 13.0 Å². The Morgan fingerprint density at radius 2 is 2.04 bits per heavy atom. The molecule has 150 valence electrons. The van der Waals surface area contributed by atoms with Crippen molar-refractivity contribution in [2.24, 2.45) is 0 Å². The molecule has 2 atom stereocenters. The van der Waals surface area contributed by atoms with Crippen LogP contribution in [0, 0.1) is 6.92 Å². The van der Waals surface area contributed by atoms with Crippen LogP contribution in [0.1, 0.15) is 53.9 Å². The van der Waals surface area contributed by atoms with Crippen molar-refractivity contribution in [2.75, 3.05) is 19.6 Å². The number of aliphatic hydroxyl groups excluding tert-OH is 1. The van der Waals surface area contributed by atoms with Gasteiger partial charge in [-0.15, -0.1) is 10.2 Å². The Kier molecular flexibility index (Phi) is 5.21. The van der Waals surface area contributed by atoms with E-state index in [0.29, 0.717) is 45.1 Å². The number of carbonyl (C=O) groups is 1. The number of amides is 1. The van der Waals surface area contributed by atoms with Crippen LogP contribution in [0.4, 0.5) is 0 Å². The van der Waals surface area contributed by atoms with Crippen molar-refractivity contribution in [3.8, 4) is 0 Å². The number of aryl methyl sites for hydroxylation is 1. The monoisotopic (exact) mass is 383 g/mol. The van der Waals surface area contributed by atoms with E-state index in [1.54, 1.807) is 0 Å². The molecule has 1 amide bonds. The van der Waals surface area contributed by atoms with Crippen LogP contribution in [0.3, 0.4) is 0 Å². The molecule has 7 heteroatoms. The van der Waals surface area contributed by atoms with Gasteiger partial charge in [-0.2, -0.15) is 0 Å². The van der Waals surface area contributed by atoms with E-state index in [1.807, 2.05) is 36.1 Å². The molecule has 3 heterocycles. The maximum atomic E-state index is 12.9. The minimum atomic E-state index is -0.328. The summed E-state index contributed by atoms with van der Waals surface area (Å²) >= 11 is 0. The smallest absolute Gasteiger partial charge is 0.253 e. The molecule has 4 rings (SSSR count). The summed E-state index contributed by atoms with van der Waals surface area (Å²) in [5.74, 6) is 1.92. The molecule has 0 spiro atoms. The molecule has 1 fully saturated rings. The largest absolute Gasteiger partial charge is 0.392 e. The lowest BCUT2D eigenvalue weighted by atomic mass is 10.1. The summed E-state index contributed by atoms with van der Waals surface area (Å²) in [6.07, 6.45) is 1.05. The molecule has 0 aliphatic carbocycles. The van der Waals surface area contributed by atoms with Gasteiger partial charge >= 0.3 is 0 Å². The van der Waals surface area contributed by atoms with Gasteiger partial charge in [-0.1, -0.05) is 17.7 Å². The number of aromatic nitrogens is 3. The van der Waals surface area contributed by atoms with E-state index < -0.39 is 0 Å². The third-order valence-electron chi connectivity index (χ3n) is 5.89. The van der Waals surface area contributed by atoms with Gasteiger partial charge in [-0.25, -0.2) is 0 Å². The fourth-order valence-corrected chi connectivity index (χ4v) is 4.42. The maximum Gasteiger partial charge on any atom is 0.253 e. The highest BCUT2D eigenvalue weighted by Crippen LogP contribution is 2.33. The van der Waals surface area contributed by atoms with Crippen LogP contribution < -0.4 is 0 Å². The third kappa shape index (κ3) is 3.56. The molecular weight excluding hydrogens is 354 g/mol. The minimum absolute atomic E-state index is 0.0732. The molecule has 28 heavy (non-hydrogen) atoms. The first-order chi connectivity index (χ1) is 13.4. The van der Waals surface area contributed by atoms with Gasteiger partial charge in [0.15, 0.2) is 5.82 Å². The molecule has 0 unspecified atom stereocenters. The van der Waals surface area contributed by atoms with E-state index >= 15 is 0 Å². The number of carbonyl (C=O) groups excluding carboxylic acids is 1. The number of aliphatic hydroxyl groups is 1. The van der Waals surface area contributed by atoms with Gasteiger partial charge in [0.2, 0.25) is 0 Å². The maximum absolute atomic E-state index is 12.9. The lowest BCUT2D eigenvalue weighted by Gasteiger charge is -2.27. The predicted molar refractivity (Wildman–Crippen MR) is 106 cm³/mol. The second-order valence-corrected chi connectivity index (χ2v) is 8.23. The van der Waals surface area contributed by atoms with E-state index in [0.717, 1.165) is 22.8 Å². The van der Waals surface area contributed by atoms with Crippen LogP contribution in [0.2, 0.25) is 0 Å². The average Bonchev–Trinajstić information content (AvgIpc) is 3.18. The highest BCUT2D eigenvalue weighted by Gasteiger charge is 2.37. The van der Waals surface area contributed by atoms with Gasteiger partial charge in [0.1, 0.15) is 5.82 Å². The topological polar surface area (TPSA) is 74.5 Å². The van der Waals surface area contributed by atoms with E-state index in [9.17, 15) is 9.90 Å². The van der Waals surface area contributed by atoms with E-state index in [2.05, 4.69) is 33.5 Å². The summed E-state index contributed by atoms with van der Waals surface area (Å²) in [5.41, 5.74) is 1.83. The van der Waals surface area contributed by atoms with Crippen molar-refractivity contribution in [2.45, 2.75) is 58.3 Å². The van der Waals surface area contributed by atoms with Crippen LogP contribution in [0.5, 0.6) is 0 Å². The lowest BCUT2D eigenvalue weighted by molar-refractivity contribution is 0.0758. The van der Waals surface area contributed by atoms with Gasteiger partial charge in [0, 0.05) is 44.2 Å². The zero-order valence-electron chi connectivity index (χ0n) is 16.9. The van der Waals surface area contributed by atoms with Crippen molar-refractivity contribution in [3.63, 3.8) is 0 Å². The van der Waals surface area contributed by atoms with E-state index in [-0.39, 0.29) is 18.1 Å². The van der Waals surface area contributed by atoms with Gasteiger partial charge in [-0.3, -0.25) is 9.69 Å². The molecule has 0 radical (unpaired) electrons. The van der Waals surface area contributed by atoms with E-state index in [4.69, 9.17) is 0 Å². The Balaban J connectivity index is 1.53. The molecule has 2 aromatic rings. The summed E-state index contributed by atoms with van der Waals surface area (Å²) < 4.78 is 2.17. The molecule has 7 nitrogen and oxygen atoms in total. The standard InChI is InChI=1S/C21H29N5O2/c1-14(2)26-13-17(27)12-18(26)20-23-22-19-7-8-24(9-10-25(19)20)21(28)16-6-4-5-15(3)11-16/h4-6,11,14,17-18,27H,7-10,12-13H2,1-3H3/t17-,18+/m1/s1. The van der Waals surface area contributed by atoms with Crippen LogP contribution in [0.15, 0.2) is 24.3 Å². The minimum Gasteiger partial charge on any atom is -0.392 e. The molecule has 2 aliphatic rings. The first-order valence-electron chi connectivity index (χ1n) is 10.2. The first-order valence-corrected chi connectivity index (χ1v) is 10.2. The summed E-state index contributed by atoms with van der Waals surface area (Å²) in [5, 5.41) is 19.1. The highest BCUT2D eigenvalue weighted by atomic mass is 16.3. The lowest BCUT2D eigenvalue weighted by Crippen LogP contribution is -2.35. The van der Waals surface area contributed by atoms with Gasteiger partial charge in [-0.05, 0) is 39.3 Å². The molecule has 0 bridgehead atoms. The van der Waals surface area contributed by atoms with Gasteiger partial charge in [0.25, 0.3) is 5.91 Å². The summed E-state index contributed by atoms with van der Waals surface area (Å²) in [4.78, 5) is 17.2. The van der Waals surface area contributed by atoms with Crippen molar-refractivity contribution in [1.82, 2.24) is 24.6 Å². The zero-order chi connectivity index (χ0) is 19.8. The number of benzene rings is 1. The highest BCUT2D eigenvalue weighted by molar-refractivity contribution is 5.94. The van der Waals surface area contributed by atoms with Gasteiger partial charge < -0.3 is 14.6 Å². The fraction of sp³-hybridized carbons (Fsp3) is 0.571. The predicted octanol–water partition coefficient (Wildman–Crippen LogP) is 1.80. The van der Waals surface area contributed by atoms with Crippen LogP contribution >= 0.6 is 0 Å². The molecule has 1 N–H and O–H groups in total. The Morgan fingerprint density at radius 3 is 2.79 bits per heavy atom. The number of fused-ring (bicyclic) bond motifs is 1. The third-order valence-corrected chi connectivity index (χ3v) is 5.89. The Morgan fingerprint density at radius 1 is 1.21 bits per heavy atom. The Labute approximate surface area is 166 Å². The Hall–Kier alpha value is -2.25. The van der Waals surface area contributed by atoms with Crippen molar-refractivity contribution < 1.29 is 9.90 Å². The SMILES string of the molecule is Cc1cccc(C(=O)N2CCc3nnc([C@@H]4C[C@@H](O)CN4C(C)C)n3CC2)c1. The summed E-state index contributed by atoms with van der Waals surface area (Å²) in [6, 6.07) is 8.17. The molecule has 1 aromatic heterocycles. The number of likely N-dealkylation sites (tertiary alicyclic amines) is 1. The van der Waals surface area contributed by atoms with Crippen LogP contribution in [-0.4, -0.2) is 67.4 Å². The Bertz CT molecular complexity index is 862. The molecule has 1 aromatic carbocycles. The summed E-state index contributed by atoms with van der Waals surface area (Å²) in [7, 11) is 0. The second-order valence-electron chi connectivity index (χ2n) is 8.23. The fourth-order valence-electron chi connectivity index (χ4n) is 4.42. The number of nitrogens with zero attached hydrogens (tertiary/aromatic N) is 5. The molecule has 1 saturated heterocycles. The average molecular weight is 383 g/mol. The first kappa shape index (κ1) is 19.1. The zero-order valence-corrected chi connectivity index (χ0v) is 16.9. The van der Waals surface area contributed by atoms with E-state index in [1.165, 1.54) is 0 Å².